The van der Waals surface area contributed by atoms with Crippen LogP contribution in [-0.2, 0) is 6.54 Å². The zero-order valence-corrected chi connectivity index (χ0v) is 14.0. The van der Waals surface area contributed by atoms with Crippen LogP contribution in [0.15, 0.2) is 30.6 Å². The van der Waals surface area contributed by atoms with Gasteiger partial charge in [-0.05, 0) is 31.5 Å². The van der Waals surface area contributed by atoms with Gasteiger partial charge in [0, 0.05) is 17.6 Å². The monoisotopic (exact) mass is 337 g/mol. The number of benzene rings is 1. The van der Waals surface area contributed by atoms with Crippen molar-refractivity contribution in [2.45, 2.75) is 19.7 Å². The molecular formula is C17H19N7O. The smallest absolute Gasteiger partial charge is 0.163 e. The Kier molecular flexibility index (Phi) is 3.63. The highest BCUT2D eigenvalue weighted by molar-refractivity contribution is 5.99. The molecule has 4 aromatic rings. The van der Waals surface area contributed by atoms with Gasteiger partial charge in [0.1, 0.15) is 24.1 Å². The third kappa shape index (κ3) is 2.43. The highest BCUT2D eigenvalue weighted by Crippen LogP contribution is 2.32. The van der Waals surface area contributed by atoms with Gasteiger partial charge >= 0.3 is 0 Å². The molecular weight excluding hydrogens is 318 g/mol. The highest BCUT2D eigenvalue weighted by atomic mass is 16.3. The van der Waals surface area contributed by atoms with Crippen molar-refractivity contribution < 1.29 is 5.11 Å². The molecule has 0 fully saturated rings. The Morgan fingerprint density at radius 1 is 1.32 bits per heavy atom. The number of H-pyrrole nitrogens is 1. The molecule has 0 radical (unpaired) electrons. The second-order valence-electron chi connectivity index (χ2n) is 5.84. The fourth-order valence-electron chi connectivity index (χ4n) is 3.05. The summed E-state index contributed by atoms with van der Waals surface area (Å²) in [6.07, 6.45) is 0.717. The summed E-state index contributed by atoms with van der Waals surface area (Å²) in [6.45, 7) is 2.70. The number of anilines is 1. The Hall–Kier alpha value is -2.97. The van der Waals surface area contributed by atoms with Crippen LogP contribution >= 0.6 is 0 Å². The third-order valence-electron chi connectivity index (χ3n) is 4.34. The predicted molar refractivity (Wildman–Crippen MR) is 96.7 cm³/mol. The zero-order chi connectivity index (χ0) is 17.6. The van der Waals surface area contributed by atoms with Crippen molar-refractivity contribution in [3.05, 3.63) is 36.3 Å². The minimum absolute atomic E-state index is 0.414. The van der Waals surface area contributed by atoms with E-state index in [1.807, 2.05) is 35.9 Å². The lowest BCUT2D eigenvalue weighted by atomic mass is 10.1. The van der Waals surface area contributed by atoms with Gasteiger partial charge in [0.05, 0.1) is 11.1 Å². The summed E-state index contributed by atoms with van der Waals surface area (Å²) >= 11 is 0. The number of nitrogen functional groups attached to an aromatic ring is 1. The molecule has 0 bridgehead atoms. The van der Waals surface area contributed by atoms with Crippen molar-refractivity contribution >= 4 is 27.8 Å². The molecule has 8 heteroatoms. The normalized spacial score (nSPS) is 12.9. The van der Waals surface area contributed by atoms with Crippen LogP contribution in [0.25, 0.3) is 33.2 Å². The molecule has 0 saturated carbocycles. The molecule has 0 saturated heterocycles. The van der Waals surface area contributed by atoms with E-state index in [0.717, 1.165) is 33.2 Å². The van der Waals surface area contributed by atoms with Crippen LogP contribution in [0.5, 0.6) is 0 Å². The van der Waals surface area contributed by atoms with E-state index in [1.54, 1.807) is 7.05 Å². The number of nitrogens with two attached hydrogens (primary N) is 1. The molecule has 0 amide bonds. The lowest BCUT2D eigenvalue weighted by Gasteiger charge is -2.05. The molecule has 4 rings (SSSR count). The Balaban J connectivity index is 1.91. The molecule has 0 aliphatic carbocycles. The molecule has 5 N–H and O–H groups in total. The average molecular weight is 337 g/mol. The van der Waals surface area contributed by atoms with E-state index in [1.165, 1.54) is 6.33 Å². The maximum absolute atomic E-state index is 9.94. The summed E-state index contributed by atoms with van der Waals surface area (Å²) in [6, 6.07) is 7.89. The van der Waals surface area contributed by atoms with Crippen molar-refractivity contribution in [3.63, 3.8) is 0 Å². The Morgan fingerprint density at radius 3 is 2.92 bits per heavy atom. The standard InChI is InChI=1S/C17H19N7O/c1-3-24-16-13(15(18)20-8-21-16)14(23-24)10-5-4-9-6-12(17(25)19-2)22-11(9)7-10/h4-8,17,19,22,25H,3H2,1-2H3,(H2,18,20,21). The second-order valence-corrected chi connectivity index (χ2v) is 5.84. The van der Waals surface area contributed by atoms with Gasteiger partial charge in [0.2, 0.25) is 0 Å². The molecule has 0 spiro atoms. The number of rotatable bonds is 4. The van der Waals surface area contributed by atoms with E-state index in [-0.39, 0.29) is 0 Å². The summed E-state index contributed by atoms with van der Waals surface area (Å²) < 4.78 is 1.82. The van der Waals surface area contributed by atoms with Crippen LogP contribution in [-0.4, -0.2) is 36.9 Å². The molecule has 3 heterocycles. The fraction of sp³-hybridized carbons (Fsp3) is 0.235. The first-order valence-electron chi connectivity index (χ1n) is 8.07. The molecule has 3 aromatic heterocycles. The Bertz CT molecular complexity index is 1070. The number of fused-ring (bicyclic) bond motifs is 2. The zero-order valence-electron chi connectivity index (χ0n) is 14.0. The van der Waals surface area contributed by atoms with Gasteiger partial charge in [0.25, 0.3) is 0 Å². The predicted octanol–water partition coefficient (Wildman–Crippen LogP) is 1.79. The molecule has 0 aliphatic heterocycles. The molecule has 1 aromatic carbocycles. The first-order valence-corrected chi connectivity index (χ1v) is 8.07. The van der Waals surface area contributed by atoms with Crippen LogP contribution in [0.1, 0.15) is 18.8 Å². The van der Waals surface area contributed by atoms with Crippen molar-refractivity contribution in [2.24, 2.45) is 0 Å². The minimum atomic E-state index is -0.736. The van der Waals surface area contributed by atoms with Crippen LogP contribution in [0.3, 0.4) is 0 Å². The first-order chi connectivity index (χ1) is 12.1. The number of hydrogen-bond acceptors (Lipinski definition) is 6. The van der Waals surface area contributed by atoms with Gasteiger partial charge in [-0.25, -0.2) is 14.6 Å². The van der Waals surface area contributed by atoms with E-state index in [2.05, 4.69) is 25.4 Å². The largest absolute Gasteiger partial charge is 0.383 e. The lowest BCUT2D eigenvalue weighted by Crippen LogP contribution is -2.15. The molecule has 1 unspecified atom stereocenters. The summed E-state index contributed by atoms with van der Waals surface area (Å²) in [5.41, 5.74) is 10.1. The maximum atomic E-state index is 9.94. The van der Waals surface area contributed by atoms with Crippen molar-refractivity contribution in [2.75, 3.05) is 12.8 Å². The van der Waals surface area contributed by atoms with Gasteiger partial charge in [-0.15, -0.1) is 0 Å². The van der Waals surface area contributed by atoms with Crippen LogP contribution in [0, 0.1) is 0 Å². The van der Waals surface area contributed by atoms with Gasteiger partial charge in [-0.2, -0.15) is 5.10 Å². The fourth-order valence-corrected chi connectivity index (χ4v) is 3.05. The van der Waals surface area contributed by atoms with Crippen LogP contribution < -0.4 is 11.1 Å². The summed E-state index contributed by atoms with van der Waals surface area (Å²) in [5, 5.41) is 19.2. The van der Waals surface area contributed by atoms with Crippen LogP contribution in [0.4, 0.5) is 5.82 Å². The SMILES string of the molecule is CCn1nc(-c2ccc3cc(C(O)NC)[nH]c3c2)c2c(N)ncnc21. The topological polar surface area (TPSA) is 118 Å². The molecule has 0 aliphatic rings. The van der Waals surface area contributed by atoms with Gasteiger partial charge in [-0.3, -0.25) is 5.32 Å². The Labute approximate surface area is 143 Å². The molecule has 128 valence electrons. The number of nitrogens with one attached hydrogen (secondary N) is 2. The first kappa shape index (κ1) is 15.6. The number of hydrogen-bond donors (Lipinski definition) is 4. The number of aromatic nitrogens is 5. The average Bonchev–Trinajstić information content (AvgIpc) is 3.22. The highest BCUT2D eigenvalue weighted by Gasteiger charge is 2.17. The van der Waals surface area contributed by atoms with Gasteiger partial charge < -0.3 is 15.8 Å². The summed E-state index contributed by atoms with van der Waals surface area (Å²) in [7, 11) is 1.70. The van der Waals surface area contributed by atoms with E-state index in [0.29, 0.717) is 18.1 Å². The second kappa shape index (κ2) is 5.83. The van der Waals surface area contributed by atoms with E-state index in [9.17, 15) is 5.11 Å². The summed E-state index contributed by atoms with van der Waals surface area (Å²) in [5.74, 6) is 0.414. The van der Waals surface area contributed by atoms with Gasteiger partial charge in [0.15, 0.2) is 5.65 Å². The van der Waals surface area contributed by atoms with Crippen molar-refractivity contribution in [3.8, 4) is 11.3 Å². The van der Waals surface area contributed by atoms with E-state index in [4.69, 9.17) is 5.73 Å². The van der Waals surface area contributed by atoms with Crippen LogP contribution in [0.2, 0.25) is 0 Å². The number of aromatic amines is 1. The molecule has 25 heavy (non-hydrogen) atoms. The maximum Gasteiger partial charge on any atom is 0.163 e. The summed E-state index contributed by atoms with van der Waals surface area (Å²) in [4.78, 5) is 11.7. The number of aliphatic hydroxyl groups excluding tert-OH is 1. The number of aliphatic hydroxyl groups is 1. The van der Waals surface area contributed by atoms with Crippen molar-refractivity contribution in [1.82, 2.24) is 30.0 Å². The number of nitrogens with zero attached hydrogens (tertiary/aromatic N) is 4. The molecule has 8 nitrogen and oxygen atoms in total. The third-order valence-corrected chi connectivity index (χ3v) is 4.34. The van der Waals surface area contributed by atoms with E-state index >= 15 is 0 Å². The Morgan fingerprint density at radius 2 is 2.16 bits per heavy atom. The minimum Gasteiger partial charge on any atom is -0.383 e. The molecule has 1 atom stereocenters. The lowest BCUT2D eigenvalue weighted by molar-refractivity contribution is 0.145. The van der Waals surface area contributed by atoms with Gasteiger partial charge in [-0.1, -0.05) is 12.1 Å². The number of aryl methyl sites for hydroxylation is 1. The van der Waals surface area contributed by atoms with E-state index < -0.39 is 6.23 Å². The quantitative estimate of drug-likeness (QED) is 0.422. The van der Waals surface area contributed by atoms with Crippen molar-refractivity contribution in [1.29, 1.82) is 0 Å².